The number of aliphatic hydroxyl groups excluding tert-OH is 1. The lowest BCUT2D eigenvalue weighted by Crippen LogP contribution is -2.38. The van der Waals surface area contributed by atoms with Crippen molar-refractivity contribution in [3.8, 4) is 0 Å². The third-order valence-electron chi connectivity index (χ3n) is 3.88. The highest BCUT2D eigenvalue weighted by Gasteiger charge is 2.20. The molecule has 19 heavy (non-hydrogen) atoms. The van der Waals surface area contributed by atoms with Gasteiger partial charge in [-0.1, -0.05) is 43.5 Å². The van der Waals surface area contributed by atoms with Crippen LogP contribution in [0.4, 0.5) is 0 Å². The largest absolute Gasteiger partial charge is 0.392 e. The minimum Gasteiger partial charge on any atom is -0.392 e. The fraction of sp³-hybridized carbons (Fsp3) is 0.625. The number of nitrogens with one attached hydrogen (secondary N) is 1. The van der Waals surface area contributed by atoms with Gasteiger partial charge in [0.1, 0.15) is 0 Å². The van der Waals surface area contributed by atoms with Gasteiger partial charge in [-0.05, 0) is 24.0 Å². The maximum atomic E-state index is 10.1. The molecule has 0 amide bonds. The standard InChI is InChI=1S/C16H25NO2/c1-19-12-14-9-7-13(8-10-14)11-17-15-5-3-2-4-6-16(15)18/h7-10,15-18H,2-6,11-12H2,1H3. The fourth-order valence-electron chi connectivity index (χ4n) is 2.70. The van der Waals surface area contributed by atoms with E-state index in [0.29, 0.717) is 6.61 Å². The van der Waals surface area contributed by atoms with E-state index in [1.165, 1.54) is 24.0 Å². The molecular weight excluding hydrogens is 238 g/mol. The lowest BCUT2D eigenvalue weighted by molar-refractivity contribution is 0.119. The summed E-state index contributed by atoms with van der Waals surface area (Å²) in [7, 11) is 1.71. The molecule has 3 nitrogen and oxygen atoms in total. The number of rotatable bonds is 5. The van der Waals surface area contributed by atoms with Crippen molar-refractivity contribution in [3.05, 3.63) is 35.4 Å². The van der Waals surface area contributed by atoms with E-state index >= 15 is 0 Å². The van der Waals surface area contributed by atoms with Crippen LogP contribution in [0.2, 0.25) is 0 Å². The van der Waals surface area contributed by atoms with Gasteiger partial charge in [0.15, 0.2) is 0 Å². The summed E-state index contributed by atoms with van der Waals surface area (Å²) in [4.78, 5) is 0. The van der Waals surface area contributed by atoms with E-state index in [1.807, 2.05) is 0 Å². The molecule has 3 heteroatoms. The Morgan fingerprint density at radius 2 is 1.79 bits per heavy atom. The molecule has 1 aromatic carbocycles. The van der Waals surface area contributed by atoms with Gasteiger partial charge in [0.25, 0.3) is 0 Å². The van der Waals surface area contributed by atoms with Gasteiger partial charge >= 0.3 is 0 Å². The molecule has 0 spiro atoms. The van der Waals surface area contributed by atoms with Gasteiger partial charge in [0.05, 0.1) is 12.7 Å². The van der Waals surface area contributed by atoms with Crippen LogP contribution in [0.3, 0.4) is 0 Å². The van der Waals surface area contributed by atoms with Crippen LogP contribution >= 0.6 is 0 Å². The van der Waals surface area contributed by atoms with Crippen molar-refractivity contribution in [1.82, 2.24) is 5.32 Å². The van der Waals surface area contributed by atoms with Crippen LogP contribution in [0, 0.1) is 0 Å². The van der Waals surface area contributed by atoms with Crippen molar-refractivity contribution in [2.45, 2.75) is 57.4 Å². The summed E-state index contributed by atoms with van der Waals surface area (Å²) in [5.41, 5.74) is 2.46. The van der Waals surface area contributed by atoms with Gasteiger partial charge < -0.3 is 15.2 Å². The van der Waals surface area contributed by atoms with E-state index in [-0.39, 0.29) is 12.1 Å². The maximum Gasteiger partial charge on any atom is 0.0713 e. The van der Waals surface area contributed by atoms with Crippen molar-refractivity contribution in [1.29, 1.82) is 0 Å². The Morgan fingerprint density at radius 3 is 2.53 bits per heavy atom. The molecule has 1 saturated carbocycles. The molecule has 1 aliphatic rings. The average molecular weight is 263 g/mol. The second-order valence-electron chi connectivity index (χ2n) is 5.44. The summed E-state index contributed by atoms with van der Waals surface area (Å²) in [6, 6.07) is 8.71. The SMILES string of the molecule is COCc1ccc(CNC2CCCCCC2O)cc1. The van der Waals surface area contributed by atoms with E-state index in [0.717, 1.165) is 25.8 Å². The minimum absolute atomic E-state index is 0.185. The molecule has 0 aliphatic heterocycles. The van der Waals surface area contributed by atoms with Crippen molar-refractivity contribution < 1.29 is 9.84 Å². The third kappa shape index (κ3) is 4.60. The Hall–Kier alpha value is -0.900. The number of hydrogen-bond donors (Lipinski definition) is 2. The normalized spacial score (nSPS) is 24.1. The monoisotopic (exact) mass is 263 g/mol. The Bertz CT molecular complexity index is 364. The first-order valence-corrected chi connectivity index (χ1v) is 7.28. The maximum absolute atomic E-state index is 10.1. The van der Waals surface area contributed by atoms with Crippen molar-refractivity contribution in [2.75, 3.05) is 7.11 Å². The first-order valence-electron chi connectivity index (χ1n) is 7.28. The molecule has 2 atom stereocenters. The van der Waals surface area contributed by atoms with Gasteiger partial charge in [-0.2, -0.15) is 0 Å². The van der Waals surface area contributed by atoms with Crippen LogP contribution in [0.1, 0.15) is 43.2 Å². The predicted molar refractivity (Wildman–Crippen MR) is 76.9 cm³/mol. The highest BCUT2D eigenvalue weighted by molar-refractivity contribution is 5.22. The molecule has 2 N–H and O–H groups in total. The van der Waals surface area contributed by atoms with E-state index in [4.69, 9.17) is 4.74 Å². The smallest absolute Gasteiger partial charge is 0.0713 e. The summed E-state index contributed by atoms with van der Waals surface area (Å²) >= 11 is 0. The molecule has 2 unspecified atom stereocenters. The molecular formula is C16H25NO2. The third-order valence-corrected chi connectivity index (χ3v) is 3.88. The number of benzene rings is 1. The van der Waals surface area contributed by atoms with Crippen LogP contribution in [-0.2, 0) is 17.9 Å². The Labute approximate surface area is 116 Å². The molecule has 1 aliphatic carbocycles. The number of methoxy groups -OCH3 is 1. The molecule has 106 valence electrons. The van der Waals surface area contributed by atoms with Crippen LogP contribution < -0.4 is 5.32 Å². The summed E-state index contributed by atoms with van der Waals surface area (Å²) in [6.45, 7) is 1.49. The van der Waals surface area contributed by atoms with E-state index in [2.05, 4.69) is 29.6 Å². The van der Waals surface area contributed by atoms with Crippen molar-refractivity contribution >= 4 is 0 Å². The first kappa shape index (κ1) is 14.5. The molecule has 0 radical (unpaired) electrons. The van der Waals surface area contributed by atoms with Crippen LogP contribution in [0.25, 0.3) is 0 Å². The number of ether oxygens (including phenoxy) is 1. The van der Waals surface area contributed by atoms with E-state index in [9.17, 15) is 5.11 Å². The van der Waals surface area contributed by atoms with E-state index < -0.39 is 0 Å². The molecule has 1 fully saturated rings. The topological polar surface area (TPSA) is 41.5 Å². The average Bonchev–Trinajstić information content (AvgIpc) is 2.63. The number of aliphatic hydroxyl groups is 1. The molecule has 0 aromatic heterocycles. The molecule has 0 bridgehead atoms. The minimum atomic E-state index is -0.185. The van der Waals surface area contributed by atoms with Gasteiger partial charge in [-0.15, -0.1) is 0 Å². The van der Waals surface area contributed by atoms with Crippen molar-refractivity contribution in [3.63, 3.8) is 0 Å². The second kappa shape index (κ2) is 7.63. The van der Waals surface area contributed by atoms with Crippen LogP contribution in [-0.4, -0.2) is 24.4 Å². The summed E-state index contributed by atoms with van der Waals surface area (Å²) < 4.78 is 5.10. The fourth-order valence-corrected chi connectivity index (χ4v) is 2.70. The van der Waals surface area contributed by atoms with Gasteiger partial charge in [0, 0.05) is 19.7 Å². The quantitative estimate of drug-likeness (QED) is 0.802. The Morgan fingerprint density at radius 1 is 1.11 bits per heavy atom. The molecule has 0 heterocycles. The zero-order valence-corrected chi connectivity index (χ0v) is 11.8. The lowest BCUT2D eigenvalue weighted by Gasteiger charge is -2.21. The zero-order valence-electron chi connectivity index (χ0n) is 11.8. The van der Waals surface area contributed by atoms with Crippen LogP contribution in [0.5, 0.6) is 0 Å². The summed E-state index contributed by atoms with van der Waals surface area (Å²) in [5, 5.41) is 13.6. The zero-order chi connectivity index (χ0) is 13.5. The second-order valence-corrected chi connectivity index (χ2v) is 5.44. The summed E-state index contributed by atoms with van der Waals surface area (Å²) in [6.07, 6.45) is 5.47. The summed E-state index contributed by atoms with van der Waals surface area (Å²) in [5.74, 6) is 0. The highest BCUT2D eigenvalue weighted by atomic mass is 16.5. The molecule has 1 aromatic rings. The molecule has 0 saturated heterocycles. The van der Waals surface area contributed by atoms with Crippen LogP contribution in [0.15, 0.2) is 24.3 Å². The van der Waals surface area contributed by atoms with Gasteiger partial charge in [0.2, 0.25) is 0 Å². The van der Waals surface area contributed by atoms with Gasteiger partial charge in [-0.3, -0.25) is 0 Å². The van der Waals surface area contributed by atoms with Crippen molar-refractivity contribution in [2.24, 2.45) is 0 Å². The van der Waals surface area contributed by atoms with E-state index in [1.54, 1.807) is 7.11 Å². The highest BCUT2D eigenvalue weighted by Crippen LogP contribution is 2.18. The lowest BCUT2D eigenvalue weighted by atomic mass is 10.1. The van der Waals surface area contributed by atoms with Gasteiger partial charge in [-0.25, -0.2) is 0 Å². The number of hydrogen-bond acceptors (Lipinski definition) is 3. The Balaban J connectivity index is 1.83. The first-order chi connectivity index (χ1) is 9.29. The molecule has 2 rings (SSSR count). The predicted octanol–water partition coefficient (Wildman–Crippen LogP) is 2.62. The Kier molecular flexibility index (Phi) is 5.83.